The molecule has 0 aromatic heterocycles. The van der Waals surface area contributed by atoms with Crippen LogP contribution in [0.25, 0.3) is 0 Å². The summed E-state index contributed by atoms with van der Waals surface area (Å²) < 4.78 is 5.36. The van der Waals surface area contributed by atoms with E-state index in [1.54, 1.807) is 20.8 Å². The molecule has 0 aliphatic heterocycles. The van der Waals surface area contributed by atoms with E-state index in [-0.39, 0.29) is 12.5 Å². The number of nitrogens with zero attached hydrogens (tertiary/aromatic N) is 2. The van der Waals surface area contributed by atoms with Crippen LogP contribution in [-0.4, -0.2) is 59.5 Å². The molecule has 3 amide bonds. The van der Waals surface area contributed by atoms with Crippen molar-refractivity contribution in [2.24, 2.45) is 0 Å². The first-order valence-corrected chi connectivity index (χ1v) is 13.3. The predicted octanol–water partition coefficient (Wildman–Crippen LogP) is 4.26. The van der Waals surface area contributed by atoms with Crippen LogP contribution in [0.15, 0.2) is 18.2 Å². The minimum Gasteiger partial charge on any atom is -0.444 e. The minimum absolute atomic E-state index is 0.302. The number of rotatable bonds is 12. The van der Waals surface area contributed by atoms with Crippen molar-refractivity contribution < 1.29 is 19.1 Å². The quantitative estimate of drug-likeness (QED) is 0.325. The standard InChI is InChI=1S/C26H40N4O4S/c1-8-9-14-28-23(31)22(20-11-10-18(2)17-19(20)3)30(15-13-27)24(32)21(12-16-35-7)29-25(33)34-26(4,5)6/h10-11,17,21-22H,8-9,12,14-16H2,1-7H3,(H,28,31)(H,29,33). The lowest BCUT2D eigenvalue weighted by Crippen LogP contribution is -2.53. The summed E-state index contributed by atoms with van der Waals surface area (Å²) in [6, 6.07) is 5.74. The van der Waals surface area contributed by atoms with Crippen molar-refractivity contribution in [3.8, 4) is 6.07 Å². The maximum atomic E-state index is 13.8. The van der Waals surface area contributed by atoms with E-state index in [0.717, 1.165) is 24.0 Å². The van der Waals surface area contributed by atoms with Crippen LogP contribution in [0.2, 0.25) is 0 Å². The molecule has 1 aromatic rings. The van der Waals surface area contributed by atoms with Gasteiger partial charge in [-0.3, -0.25) is 9.59 Å². The number of thioether (sulfide) groups is 1. The number of alkyl carbamates (subject to hydrolysis) is 1. The van der Waals surface area contributed by atoms with Crippen molar-refractivity contribution in [3.05, 3.63) is 34.9 Å². The molecule has 2 atom stereocenters. The van der Waals surface area contributed by atoms with Gasteiger partial charge >= 0.3 is 6.09 Å². The summed E-state index contributed by atoms with van der Waals surface area (Å²) in [6.45, 7) is 11.2. The zero-order chi connectivity index (χ0) is 26.6. The lowest BCUT2D eigenvalue weighted by Gasteiger charge is -2.33. The highest BCUT2D eigenvalue weighted by molar-refractivity contribution is 7.98. The zero-order valence-electron chi connectivity index (χ0n) is 22.1. The number of amides is 3. The monoisotopic (exact) mass is 504 g/mol. The third-order valence-corrected chi connectivity index (χ3v) is 5.88. The van der Waals surface area contributed by atoms with Gasteiger partial charge in [-0.1, -0.05) is 37.1 Å². The number of nitrogens with one attached hydrogen (secondary N) is 2. The summed E-state index contributed by atoms with van der Waals surface area (Å²) in [6.07, 6.45) is 3.23. The van der Waals surface area contributed by atoms with Gasteiger partial charge in [0.25, 0.3) is 0 Å². The van der Waals surface area contributed by atoms with Crippen LogP contribution in [-0.2, 0) is 14.3 Å². The third-order valence-electron chi connectivity index (χ3n) is 5.23. The number of carbonyl (C=O) groups is 3. The molecule has 35 heavy (non-hydrogen) atoms. The second-order valence-electron chi connectivity index (χ2n) is 9.51. The molecule has 0 fully saturated rings. The SMILES string of the molecule is CCCCNC(=O)C(c1ccc(C)cc1C)N(CC#N)C(=O)C(CCSC)NC(=O)OC(C)(C)C. The average Bonchev–Trinajstić information content (AvgIpc) is 2.76. The molecule has 2 N–H and O–H groups in total. The fourth-order valence-corrected chi connectivity index (χ4v) is 4.06. The van der Waals surface area contributed by atoms with E-state index in [0.29, 0.717) is 24.3 Å². The molecule has 8 nitrogen and oxygen atoms in total. The molecule has 0 saturated carbocycles. The van der Waals surface area contributed by atoms with Crippen molar-refractivity contribution in [2.75, 3.05) is 25.1 Å². The molecule has 0 aliphatic rings. The molecule has 0 bridgehead atoms. The zero-order valence-corrected chi connectivity index (χ0v) is 22.9. The smallest absolute Gasteiger partial charge is 0.408 e. The minimum atomic E-state index is -1.00. The molecule has 194 valence electrons. The molecule has 0 radical (unpaired) electrons. The summed E-state index contributed by atoms with van der Waals surface area (Å²) >= 11 is 1.53. The number of benzene rings is 1. The van der Waals surface area contributed by atoms with Crippen LogP contribution < -0.4 is 10.6 Å². The number of carbonyl (C=O) groups excluding carboxylic acids is 3. The highest BCUT2D eigenvalue weighted by Crippen LogP contribution is 2.27. The Labute approximate surface area is 214 Å². The van der Waals surface area contributed by atoms with Crippen LogP contribution in [0.4, 0.5) is 4.79 Å². The summed E-state index contributed by atoms with van der Waals surface area (Å²) in [5, 5.41) is 15.2. The Hall–Kier alpha value is -2.73. The molecule has 2 unspecified atom stereocenters. The molecule has 0 spiro atoms. The van der Waals surface area contributed by atoms with Crippen molar-refractivity contribution >= 4 is 29.7 Å². The number of hydrogen-bond donors (Lipinski definition) is 2. The van der Waals surface area contributed by atoms with E-state index in [2.05, 4.69) is 10.6 Å². The number of nitriles is 1. The summed E-state index contributed by atoms with van der Waals surface area (Å²) in [5.74, 6) is -0.249. The topological polar surface area (TPSA) is 112 Å². The van der Waals surface area contributed by atoms with E-state index in [4.69, 9.17) is 4.74 Å². The van der Waals surface area contributed by atoms with Gasteiger partial charge in [0, 0.05) is 6.54 Å². The third kappa shape index (κ3) is 10.2. The van der Waals surface area contributed by atoms with Gasteiger partial charge in [0.05, 0.1) is 6.07 Å². The van der Waals surface area contributed by atoms with Crippen LogP contribution in [0.5, 0.6) is 0 Å². The highest BCUT2D eigenvalue weighted by Gasteiger charge is 2.36. The Kier molecular flexibility index (Phi) is 12.7. The van der Waals surface area contributed by atoms with E-state index in [9.17, 15) is 19.6 Å². The van der Waals surface area contributed by atoms with Gasteiger partial charge in [-0.15, -0.1) is 0 Å². The first kappa shape index (κ1) is 30.3. The van der Waals surface area contributed by atoms with Crippen molar-refractivity contribution in [2.45, 2.75) is 78.5 Å². The molecule has 0 aliphatic carbocycles. The number of aryl methyl sites for hydroxylation is 2. The van der Waals surface area contributed by atoms with Gasteiger partial charge in [-0.25, -0.2) is 4.79 Å². The van der Waals surface area contributed by atoms with Crippen molar-refractivity contribution in [1.82, 2.24) is 15.5 Å². The van der Waals surface area contributed by atoms with Gasteiger partial charge < -0.3 is 20.3 Å². The second-order valence-corrected chi connectivity index (χ2v) is 10.5. The molecular weight excluding hydrogens is 464 g/mol. The maximum absolute atomic E-state index is 13.8. The van der Waals surface area contributed by atoms with E-state index >= 15 is 0 Å². The molecular formula is C26H40N4O4S. The van der Waals surface area contributed by atoms with E-state index < -0.39 is 29.7 Å². The van der Waals surface area contributed by atoms with Crippen LogP contribution >= 0.6 is 11.8 Å². The molecule has 1 aromatic carbocycles. The van der Waals surface area contributed by atoms with Crippen LogP contribution in [0, 0.1) is 25.2 Å². The second kappa shape index (κ2) is 14.6. The first-order valence-electron chi connectivity index (χ1n) is 12.0. The van der Waals surface area contributed by atoms with Crippen molar-refractivity contribution in [3.63, 3.8) is 0 Å². The largest absolute Gasteiger partial charge is 0.444 e. The van der Waals surface area contributed by atoms with E-state index in [1.807, 2.05) is 51.3 Å². The Morgan fingerprint density at radius 1 is 1.23 bits per heavy atom. The number of ether oxygens (including phenoxy) is 1. The van der Waals surface area contributed by atoms with Gasteiger partial charge in [0.15, 0.2) is 0 Å². The number of hydrogen-bond acceptors (Lipinski definition) is 6. The Morgan fingerprint density at radius 3 is 2.46 bits per heavy atom. The van der Waals surface area contributed by atoms with Gasteiger partial charge in [0.1, 0.15) is 24.2 Å². The normalized spacial score (nSPS) is 12.7. The van der Waals surface area contributed by atoms with Crippen LogP contribution in [0.1, 0.15) is 69.7 Å². The summed E-state index contributed by atoms with van der Waals surface area (Å²) in [7, 11) is 0. The molecule has 9 heteroatoms. The van der Waals surface area contributed by atoms with Gasteiger partial charge in [-0.2, -0.15) is 17.0 Å². The van der Waals surface area contributed by atoms with E-state index in [1.165, 1.54) is 16.7 Å². The fraction of sp³-hybridized carbons (Fsp3) is 0.615. The lowest BCUT2D eigenvalue weighted by atomic mass is 9.96. The fourth-order valence-electron chi connectivity index (χ4n) is 3.58. The maximum Gasteiger partial charge on any atom is 0.408 e. The average molecular weight is 505 g/mol. The van der Waals surface area contributed by atoms with Gasteiger partial charge in [0.2, 0.25) is 11.8 Å². The summed E-state index contributed by atoms with van der Waals surface area (Å²) in [5.41, 5.74) is 1.79. The number of unbranched alkanes of at least 4 members (excludes halogenated alkanes) is 1. The Bertz CT molecular complexity index is 908. The first-order chi connectivity index (χ1) is 16.4. The molecule has 0 heterocycles. The summed E-state index contributed by atoms with van der Waals surface area (Å²) in [4.78, 5) is 40.9. The van der Waals surface area contributed by atoms with Crippen molar-refractivity contribution in [1.29, 1.82) is 5.26 Å². The van der Waals surface area contributed by atoms with Crippen LogP contribution in [0.3, 0.4) is 0 Å². The molecule has 0 saturated heterocycles. The lowest BCUT2D eigenvalue weighted by molar-refractivity contribution is -0.141. The Morgan fingerprint density at radius 2 is 1.91 bits per heavy atom. The Balaban J connectivity index is 3.43. The van der Waals surface area contributed by atoms with Gasteiger partial charge in [-0.05, 0) is 70.6 Å². The molecule has 1 rings (SSSR count). The highest BCUT2D eigenvalue weighted by atomic mass is 32.2. The predicted molar refractivity (Wildman–Crippen MR) is 140 cm³/mol.